The van der Waals surface area contributed by atoms with Crippen molar-refractivity contribution in [3.8, 4) is 0 Å². The van der Waals surface area contributed by atoms with E-state index in [-0.39, 0.29) is 16.9 Å². The Morgan fingerprint density at radius 2 is 1.14 bits per heavy atom. The fraction of sp³-hybridized carbons (Fsp3) is 0.667. The molecular formula is C9H18O4S. The van der Waals surface area contributed by atoms with Gasteiger partial charge in [-0.2, -0.15) is 0 Å². The van der Waals surface area contributed by atoms with Gasteiger partial charge in [0.05, 0.1) is 7.11 Å². The molecule has 0 atom stereocenters. The van der Waals surface area contributed by atoms with Crippen molar-refractivity contribution in [1.29, 1.82) is 0 Å². The highest BCUT2D eigenvalue weighted by Crippen LogP contribution is 1.88. The first-order chi connectivity index (χ1) is 6.27. The highest BCUT2D eigenvalue weighted by molar-refractivity contribution is 8.12. The summed E-state index contributed by atoms with van der Waals surface area (Å²) in [6.07, 6.45) is 1.77. The number of ketones is 1. The van der Waals surface area contributed by atoms with Crippen LogP contribution in [0.4, 0.5) is 0 Å². The molecule has 0 aliphatic rings. The van der Waals surface area contributed by atoms with E-state index >= 15 is 0 Å². The van der Waals surface area contributed by atoms with Crippen molar-refractivity contribution in [3.63, 3.8) is 0 Å². The summed E-state index contributed by atoms with van der Waals surface area (Å²) in [6, 6.07) is 0. The van der Waals surface area contributed by atoms with E-state index in [2.05, 4.69) is 4.74 Å². The van der Waals surface area contributed by atoms with E-state index in [1.54, 1.807) is 13.2 Å². The van der Waals surface area contributed by atoms with Crippen molar-refractivity contribution in [1.82, 2.24) is 0 Å². The van der Waals surface area contributed by atoms with Crippen LogP contribution in [0.1, 0.15) is 27.7 Å². The maximum absolute atomic E-state index is 9.78. The van der Waals surface area contributed by atoms with Gasteiger partial charge in [-0.05, 0) is 20.1 Å². The van der Waals surface area contributed by atoms with Crippen molar-refractivity contribution < 1.29 is 19.1 Å². The lowest BCUT2D eigenvalue weighted by molar-refractivity contribution is -0.138. The average molecular weight is 222 g/mol. The maximum Gasteiger partial charge on any atom is 0.302 e. The number of carbonyl (C=O) groups is 3. The minimum atomic E-state index is -0.245. The summed E-state index contributed by atoms with van der Waals surface area (Å²) in [5.74, 6) is -0.0787. The Morgan fingerprint density at radius 3 is 1.14 bits per heavy atom. The number of carbonyl (C=O) groups excluding carboxylic acids is 3. The molecule has 14 heavy (non-hydrogen) atoms. The van der Waals surface area contributed by atoms with Gasteiger partial charge in [0.15, 0.2) is 5.12 Å². The SMILES string of the molecule is CC(C)=O.COC(C)=O.CSC(C)=O. The molecular weight excluding hydrogens is 204 g/mol. The molecule has 0 unspecified atom stereocenters. The van der Waals surface area contributed by atoms with Crippen molar-refractivity contribution >= 4 is 28.6 Å². The van der Waals surface area contributed by atoms with E-state index < -0.39 is 0 Å². The molecule has 0 radical (unpaired) electrons. The molecule has 84 valence electrons. The molecule has 0 fully saturated rings. The number of rotatable bonds is 0. The molecule has 4 nitrogen and oxygen atoms in total. The minimum Gasteiger partial charge on any atom is -0.469 e. The van der Waals surface area contributed by atoms with Crippen molar-refractivity contribution in [3.05, 3.63) is 0 Å². The van der Waals surface area contributed by atoms with E-state index in [9.17, 15) is 14.4 Å². The second-order valence-electron chi connectivity index (χ2n) is 2.30. The third-order valence-electron chi connectivity index (χ3n) is 0.575. The highest BCUT2D eigenvalue weighted by atomic mass is 32.2. The number of thioether (sulfide) groups is 1. The second kappa shape index (κ2) is 14.7. The lowest BCUT2D eigenvalue weighted by Crippen LogP contribution is -1.88. The maximum atomic E-state index is 9.78. The number of hydrogen-bond donors (Lipinski definition) is 0. The number of esters is 1. The number of hydrogen-bond acceptors (Lipinski definition) is 5. The van der Waals surface area contributed by atoms with Crippen LogP contribution in [0.15, 0.2) is 0 Å². The van der Waals surface area contributed by atoms with Gasteiger partial charge in [-0.15, -0.1) is 0 Å². The molecule has 0 saturated heterocycles. The van der Waals surface area contributed by atoms with Crippen LogP contribution in [0.5, 0.6) is 0 Å². The first kappa shape index (κ1) is 18.9. The Morgan fingerprint density at radius 1 is 1.00 bits per heavy atom. The lowest BCUT2D eigenvalue weighted by Gasteiger charge is -1.80. The average Bonchev–Trinajstić information content (AvgIpc) is 2.04. The molecule has 0 aromatic rings. The Hall–Kier alpha value is -0.840. The van der Waals surface area contributed by atoms with Crippen LogP contribution in [0, 0.1) is 0 Å². The predicted octanol–water partition coefficient (Wildman–Crippen LogP) is 1.67. The fourth-order valence-electron chi connectivity index (χ4n) is 0. The molecule has 0 aliphatic heterocycles. The zero-order valence-corrected chi connectivity index (χ0v) is 10.4. The van der Waals surface area contributed by atoms with Gasteiger partial charge in [0.25, 0.3) is 0 Å². The minimum absolute atomic E-state index is 0.167. The molecule has 0 amide bonds. The Balaban J connectivity index is -0.000000131. The van der Waals surface area contributed by atoms with Gasteiger partial charge in [0, 0.05) is 13.8 Å². The van der Waals surface area contributed by atoms with Crippen LogP contribution in [0.3, 0.4) is 0 Å². The van der Waals surface area contributed by atoms with Crippen LogP contribution in [0.25, 0.3) is 0 Å². The standard InChI is InChI=1S/C3H6O2.C3H6OS.C3H6O/c2*1-3(4)5-2;1-3(2)4/h2*1-2H3;1-2H3. The van der Waals surface area contributed by atoms with Gasteiger partial charge in [-0.25, -0.2) is 0 Å². The van der Waals surface area contributed by atoms with Gasteiger partial charge in [-0.3, -0.25) is 9.59 Å². The zero-order valence-electron chi connectivity index (χ0n) is 9.54. The molecule has 0 N–H and O–H groups in total. The van der Waals surface area contributed by atoms with Crippen LogP contribution in [-0.2, 0) is 19.1 Å². The molecule has 0 saturated carbocycles. The first-order valence-corrected chi connectivity index (χ1v) is 5.06. The lowest BCUT2D eigenvalue weighted by atomic mass is 10.6. The Bertz CT molecular complexity index is 160. The van der Waals surface area contributed by atoms with Crippen LogP contribution in [0.2, 0.25) is 0 Å². The third kappa shape index (κ3) is 115. The summed E-state index contributed by atoms with van der Waals surface area (Å²) in [5.41, 5.74) is 0. The largest absolute Gasteiger partial charge is 0.469 e. The van der Waals surface area contributed by atoms with Gasteiger partial charge in [0.1, 0.15) is 5.78 Å². The van der Waals surface area contributed by atoms with Crippen molar-refractivity contribution in [2.45, 2.75) is 27.7 Å². The molecule has 0 bridgehead atoms. The predicted molar refractivity (Wildman–Crippen MR) is 58.2 cm³/mol. The van der Waals surface area contributed by atoms with E-state index in [0.29, 0.717) is 0 Å². The fourth-order valence-corrected chi connectivity index (χ4v) is 0. The molecule has 0 aromatic heterocycles. The molecule has 0 spiro atoms. The quantitative estimate of drug-likeness (QED) is 0.583. The molecule has 0 heterocycles. The van der Waals surface area contributed by atoms with Crippen LogP contribution < -0.4 is 0 Å². The highest BCUT2D eigenvalue weighted by Gasteiger charge is 1.77. The second-order valence-corrected chi connectivity index (χ2v) is 3.28. The molecule has 5 heteroatoms. The Labute approximate surface area is 89.4 Å². The summed E-state index contributed by atoms with van der Waals surface area (Å²) in [5, 5.41) is 0.171. The van der Waals surface area contributed by atoms with Crippen LogP contribution in [-0.4, -0.2) is 30.2 Å². The normalized spacial score (nSPS) is 7.00. The van der Waals surface area contributed by atoms with Gasteiger partial charge in [-0.1, -0.05) is 11.8 Å². The smallest absolute Gasteiger partial charge is 0.302 e. The van der Waals surface area contributed by atoms with Crippen molar-refractivity contribution in [2.75, 3.05) is 13.4 Å². The number of methoxy groups -OCH3 is 1. The van der Waals surface area contributed by atoms with E-state index in [1.807, 2.05) is 0 Å². The summed E-state index contributed by atoms with van der Waals surface area (Å²) >= 11 is 1.24. The van der Waals surface area contributed by atoms with Gasteiger partial charge in [0.2, 0.25) is 0 Å². The molecule has 0 aliphatic carbocycles. The Kier molecular flexibility index (Phi) is 19.8. The topological polar surface area (TPSA) is 60.4 Å². The van der Waals surface area contributed by atoms with Crippen molar-refractivity contribution in [2.24, 2.45) is 0 Å². The summed E-state index contributed by atoms with van der Waals surface area (Å²) < 4.78 is 4.11. The summed E-state index contributed by atoms with van der Waals surface area (Å²) in [7, 11) is 1.35. The molecule has 0 aromatic carbocycles. The van der Waals surface area contributed by atoms with E-state index in [4.69, 9.17) is 0 Å². The summed E-state index contributed by atoms with van der Waals surface area (Å²) in [4.78, 5) is 28.8. The monoisotopic (exact) mass is 222 g/mol. The van der Waals surface area contributed by atoms with Gasteiger partial charge < -0.3 is 9.53 Å². The number of Topliss-reactive ketones (excluding diaryl/α,β-unsaturated/α-hetero) is 1. The zero-order chi connectivity index (χ0) is 12.1. The first-order valence-electron chi connectivity index (χ1n) is 3.84. The number of ether oxygens (including phenoxy) is 1. The summed E-state index contributed by atoms with van der Waals surface area (Å²) in [6.45, 7) is 5.96. The van der Waals surface area contributed by atoms with E-state index in [1.165, 1.54) is 39.6 Å². The van der Waals surface area contributed by atoms with E-state index in [0.717, 1.165) is 0 Å². The third-order valence-corrected chi connectivity index (χ3v) is 1.15. The van der Waals surface area contributed by atoms with Gasteiger partial charge >= 0.3 is 5.97 Å². The molecule has 0 rings (SSSR count). The van der Waals surface area contributed by atoms with Crippen LogP contribution >= 0.6 is 11.8 Å².